The minimum absolute atomic E-state index is 0.132. The highest BCUT2D eigenvalue weighted by molar-refractivity contribution is 8.11. The summed E-state index contributed by atoms with van der Waals surface area (Å²) in [7, 11) is 1.76. The average molecular weight is 252 g/mol. The molecule has 2 heterocycles. The first-order valence-corrected chi connectivity index (χ1v) is 7.42. The summed E-state index contributed by atoms with van der Waals surface area (Å²) in [6.45, 7) is 2.35. The van der Waals surface area contributed by atoms with Crippen molar-refractivity contribution in [1.29, 1.82) is 0 Å². The second kappa shape index (κ2) is 3.48. The van der Waals surface area contributed by atoms with Crippen LogP contribution in [0.1, 0.15) is 23.4 Å². The number of halogens is 1. The molecule has 3 nitrogen and oxygen atoms in total. The zero-order chi connectivity index (χ0) is 10.3. The molecule has 0 aromatic carbocycles. The maximum absolute atomic E-state index is 11.2. The van der Waals surface area contributed by atoms with E-state index in [0.29, 0.717) is 6.54 Å². The smallest absolute Gasteiger partial charge is 0.195 e. The van der Waals surface area contributed by atoms with E-state index in [9.17, 15) is 8.42 Å². The van der Waals surface area contributed by atoms with Crippen LogP contribution in [0.5, 0.6) is 0 Å². The zero-order valence-corrected chi connectivity index (χ0v) is 9.99. The summed E-state index contributed by atoms with van der Waals surface area (Å²) in [6.07, 6.45) is 0.767. The number of thiophene rings is 1. The molecule has 0 saturated heterocycles. The molecule has 1 atom stereocenters. The lowest BCUT2D eigenvalue weighted by atomic mass is 10.0. The van der Waals surface area contributed by atoms with Crippen molar-refractivity contribution < 1.29 is 8.42 Å². The summed E-state index contributed by atoms with van der Waals surface area (Å²) in [5, 5.41) is 1.99. The molecule has 0 bridgehead atoms. The SMILES string of the molecule is CC1c2ccsc2CCN1S(=O)(=O)Cl. The van der Waals surface area contributed by atoms with Crippen molar-refractivity contribution in [1.82, 2.24) is 4.31 Å². The van der Waals surface area contributed by atoms with Crippen molar-refractivity contribution in [2.75, 3.05) is 6.54 Å². The maximum Gasteiger partial charge on any atom is 0.300 e. The van der Waals surface area contributed by atoms with Gasteiger partial charge in [0.15, 0.2) is 0 Å². The molecule has 0 amide bonds. The third-order valence-corrected chi connectivity index (χ3v) is 5.09. The molecule has 0 saturated carbocycles. The van der Waals surface area contributed by atoms with Crippen LogP contribution in [0.3, 0.4) is 0 Å². The zero-order valence-electron chi connectivity index (χ0n) is 7.60. The summed E-state index contributed by atoms with van der Waals surface area (Å²) in [5.41, 5.74) is 1.09. The maximum atomic E-state index is 11.2. The Bertz CT molecular complexity index is 440. The fourth-order valence-corrected chi connectivity index (χ4v) is 4.11. The summed E-state index contributed by atoms with van der Waals surface area (Å²) >= 11 is 1.68. The van der Waals surface area contributed by atoms with E-state index >= 15 is 0 Å². The Kier molecular flexibility index (Phi) is 2.59. The predicted molar refractivity (Wildman–Crippen MR) is 57.9 cm³/mol. The summed E-state index contributed by atoms with van der Waals surface area (Å²) in [6, 6.07) is 1.84. The minimum atomic E-state index is -3.59. The highest BCUT2D eigenvalue weighted by Gasteiger charge is 2.31. The van der Waals surface area contributed by atoms with Crippen LogP contribution in [0.4, 0.5) is 0 Å². The standard InChI is InChI=1S/C8H10ClNO2S2/c1-6-7-3-5-13-8(7)2-4-10(6)14(9,11)12/h3,5-6H,2,4H2,1H3. The predicted octanol–water partition coefficient (Wildman–Crippen LogP) is 2.15. The van der Waals surface area contributed by atoms with Crippen LogP contribution in [0.2, 0.25) is 0 Å². The lowest BCUT2D eigenvalue weighted by molar-refractivity contribution is 0.336. The number of rotatable bonds is 1. The molecule has 6 heteroatoms. The molecule has 2 rings (SSSR count). The molecular weight excluding hydrogens is 242 g/mol. The van der Waals surface area contributed by atoms with Crippen LogP contribution in [0, 0.1) is 0 Å². The molecule has 1 aromatic rings. The Morgan fingerprint density at radius 3 is 3.00 bits per heavy atom. The van der Waals surface area contributed by atoms with Crippen molar-refractivity contribution in [3.05, 3.63) is 21.9 Å². The lowest BCUT2D eigenvalue weighted by Crippen LogP contribution is -2.35. The van der Waals surface area contributed by atoms with Gasteiger partial charge in [0.25, 0.3) is 9.24 Å². The first-order valence-electron chi connectivity index (χ1n) is 4.28. The van der Waals surface area contributed by atoms with E-state index in [1.165, 1.54) is 9.18 Å². The topological polar surface area (TPSA) is 37.4 Å². The average Bonchev–Trinajstić information content (AvgIpc) is 2.50. The second-order valence-electron chi connectivity index (χ2n) is 3.28. The molecule has 0 aliphatic carbocycles. The Balaban J connectivity index is 2.39. The lowest BCUT2D eigenvalue weighted by Gasteiger charge is -2.30. The van der Waals surface area contributed by atoms with Gasteiger partial charge in [0, 0.05) is 28.1 Å². The molecule has 0 radical (unpaired) electrons. The second-order valence-corrected chi connectivity index (χ2v) is 6.74. The third kappa shape index (κ3) is 1.69. The van der Waals surface area contributed by atoms with Gasteiger partial charge in [-0.05, 0) is 30.4 Å². The van der Waals surface area contributed by atoms with Crippen LogP contribution in [-0.4, -0.2) is 19.3 Å². The molecule has 0 spiro atoms. The highest BCUT2D eigenvalue weighted by Crippen LogP contribution is 2.35. The number of fused-ring (bicyclic) bond motifs is 1. The molecule has 1 unspecified atom stereocenters. The Morgan fingerprint density at radius 1 is 1.64 bits per heavy atom. The first kappa shape index (κ1) is 10.4. The fourth-order valence-electron chi connectivity index (χ4n) is 1.78. The van der Waals surface area contributed by atoms with E-state index in [0.717, 1.165) is 12.0 Å². The molecule has 1 aliphatic heterocycles. The van der Waals surface area contributed by atoms with E-state index in [-0.39, 0.29) is 6.04 Å². The summed E-state index contributed by atoms with van der Waals surface area (Å²) in [4.78, 5) is 1.27. The van der Waals surface area contributed by atoms with Gasteiger partial charge in [-0.3, -0.25) is 0 Å². The monoisotopic (exact) mass is 251 g/mol. The van der Waals surface area contributed by atoms with E-state index in [1.807, 2.05) is 18.4 Å². The summed E-state index contributed by atoms with van der Waals surface area (Å²) < 4.78 is 23.8. The Hall–Kier alpha value is -0.100. The van der Waals surface area contributed by atoms with Gasteiger partial charge < -0.3 is 0 Å². The van der Waals surface area contributed by atoms with Crippen LogP contribution < -0.4 is 0 Å². The molecular formula is C8H10ClNO2S2. The largest absolute Gasteiger partial charge is 0.300 e. The van der Waals surface area contributed by atoms with E-state index in [2.05, 4.69) is 0 Å². The Morgan fingerprint density at radius 2 is 2.36 bits per heavy atom. The van der Waals surface area contributed by atoms with Gasteiger partial charge in [0.05, 0.1) is 0 Å². The molecule has 1 aliphatic rings. The van der Waals surface area contributed by atoms with Gasteiger partial charge in [-0.15, -0.1) is 11.3 Å². The van der Waals surface area contributed by atoms with Gasteiger partial charge in [-0.2, -0.15) is 12.7 Å². The molecule has 14 heavy (non-hydrogen) atoms. The van der Waals surface area contributed by atoms with Crippen LogP contribution in [0.15, 0.2) is 11.4 Å². The van der Waals surface area contributed by atoms with Crippen molar-refractivity contribution in [2.45, 2.75) is 19.4 Å². The van der Waals surface area contributed by atoms with E-state index in [4.69, 9.17) is 10.7 Å². The Labute approximate surface area is 91.9 Å². The van der Waals surface area contributed by atoms with Gasteiger partial charge in [0.1, 0.15) is 0 Å². The van der Waals surface area contributed by atoms with Gasteiger partial charge in [0.2, 0.25) is 0 Å². The third-order valence-electron chi connectivity index (χ3n) is 2.50. The summed E-state index contributed by atoms with van der Waals surface area (Å²) in [5.74, 6) is 0. The van der Waals surface area contributed by atoms with Crippen molar-refractivity contribution in [3.63, 3.8) is 0 Å². The van der Waals surface area contributed by atoms with Crippen molar-refractivity contribution in [3.8, 4) is 0 Å². The van der Waals surface area contributed by atoms with Gasteiger partial charge in [-0.1, -0.05) is 0 Å². The quantitative estimate of drug-likeness (QED) is 0.718. The first-order chi connectivity index (χ1) is 6.50. The minimum Gasteiger partial charge on any atom is -0.195 e. The van der Waals surface area contributed by atoms with Crippen molar-refractivity contribution >= 4 is 31.3 Å². The number of hydrogen-bond acceptors (Lipinski definition) is 3. The highest BCUT2D eigenvalue weighted by atomic mass is 35.7. The van der Waals surface area contributed by atoms with E-state index < -0.39 is 9.24 Å². The normalized spacial score (nSPS) is 23.4. The molecule has 1 aromatic heterocycles. The fraction of sp³-hybridized carbons (Fsp3) is 0.500. The number of hydrogen-bond donors (Lipinski definition) is 0. The molecule has 78 valence electrons. The van der Waals surface area contributed by atoms with Crippen LogP contribution in [-0.2, 0) is 15.7 Å². The van der Waals surface area contributed by atoms with Crippen LogP contribution >= 0.6 is 22.0 Å². The molecule has 0 N–H and O–H groups in total. The number of nitrogens with zero attached hydrogens (tertiary/aromatic N) is 1. The van der Waals surface area contributed by atoms with E-state index in [1.54, 1.807) is 11.3 Å². The van der Waals surface area contributed by atoms with Gasteiger partial charge >= 0.3 is 0 Å². The van der Waals surface area contributed by atoms with Gasteiger partial charge in [-0.25, -0.2) is 0 Å². The van der Waals surface area contributed by atoms with Crippen molar-refractivity contribution in [2.24, 2.45) is 0 Å². The molecule has 0 fully saturated rings. The van der Waals surface area contributed by atoms with Crippen LogP contribution in [0.25, 0.3) is 0 Å².